The molecule has 0 atom stereocenters. The van der Waals surface area contributed by atoms with E-state index in [0.29, 0.717) is 0 Å². The van der Waals surface area contributed by atoms with Gasteiger partial charge in [0.15, 0.2) is 5.78 Å². The van der Waals surface area contributed by atoms with Gasteiger partial charge >= 0.3 is 11.9 Å². The zero-order chi connectivity index (χ0) is 10.3. The Hall–Kier alpha value is -1.65. The number of carbonyl (C=O) groups is 3. The van der Waals surface area contributed by atoms with Crippen molar-refractivity contribution in [3.8, 4) is 0 Å². The smallest absolute Gasteiger partial charge is 0.328 e. The van der Waals surface area contributed by atoms with E-state index < -0.39 is 11.9 Å². The first-order valence-electron chi connectivity index (χ1n) is 3.68. The van der Waals surface area contributed by atoms with Crippen molar-refractivity contribution in [1.29, 1.82) is 0 Å². The molecule has 0 fully saturated rings. The number of hydrogen-bond acceptors (Lipinski definition) is 3. The molecule has 0 unspecified atom stereocenters. The summed E-state index contributed by atoms with van der Waals surface area (Å²) in [5, 5.41) is 16.4. The normalized spacial score (nSPS) is 10.2. The van der Waals surface area contributed by atoms with Gasteiger partial charge in [0.25, 0.3) is 0 Å². The highest BCUT2D eigenvalue weighted by Crippen LogP contribution is 1.97. The maximum atomic E-state index is 10.8. The van der Waals surface area contributed by atoms with Crippen molar-refractivity contribution in [2.45, 2.75) is 19.3 Å². The Morgan fingerprint density at radius 2 is 1.62 bits per heavy atom. The summed E-state index contributed by atoms with van der Waals surface area (Å²) in [6.45, 7) is 0. The van der Waals surface area contributed by atoms with E-state index >= 15 is 0 Å². The van der Waals surface area contributed by atoms with E-state index in [1.54, 1.807) is 0 Å². The number of ketones is 1. The minimum absolute atomic E-state index is 0.0656. The summed E-state index contributed by atoms with van der Waals surface area (Å²) in [4.78, 5) is 30.8. The highest BCUT2D eigenvalue weighted by Gasteiger charge is 2.01. The third-order valence-corrected chi connectivity index (χ3v) is 1.23. The average molecular weight is 186 g/mol. The summed E-state index contributed by atoms with van der Waals surface area (Å²) in [6, 6.07) is 0. The lowest BCUT2D eigenvalue weighted by Gasteiger charge is -1.91. The second kappa shape index (κ2) is 5.93. The summed E-state index contributed by atoms with van der Waals surface area (Å²) in [7, 11) is 0. The Kier molecular flexibility index (Phi) is 5.18. The van der Waals surface area contributed by atoms with Crippen LogP contribution in [0.15, 0.2) is 12.2 Å². The van der Waals surface area contributed by atoms with Crippen molar-refractivity contribution in [2.24, 2.45) is 0 Å². The predicted molar refractivity (Wildman–Crippen MR) is 43.3 cm³/mol. The highest BCUT2D eigenvalue weighted by molar-refractivity contribution is 5.95. The minimum Gasteiger partial charge on any atom is -0.481 e. The molecule has 0 heterocycles. The molecule has 5 heteroatoms. The predicted octanol–water partition coefficient (Wildman–Crippen LogP) is 0.451. The molecule has 72 valence electrons. The van der Waals surface area contributed by atoms with Crippen LogP contribution in [0.5, 0.6) is 0 Å². The molecular formula is C8H10O5. The molecule has 0 saturated heterocycles. The van der Waals surface area contributed by atoms with Gasteiger partial charge in [0.05, 0.1) is 0 Å². The molecule has 0 rings (SSSR count). The number of aliphatic carboxylic acids is 2. The largest absolute Gasteiger partial charge is 0.481 e. The van der Waals surface area contributed by atoms with Gasteiger partial charge in [-0.3, -0.25) is 9.59 Å². The fourth-order valence-corrected chi connectivity index (χ4v) is 0.661. The first-order valence-corrected chi connectivity index (χ1v) is 3.68. The molecule has 0 spiro atoms. The summed E-state index contributed by atoms with van der Waals surface area (Å²) in [5.41, 5.74) is 0. The van der Waals surface area contributed by atoms with E-state index in [2.05, 4.69) is 0 Å². The Balaban J connectivity index is 3.64. The van der Waals surface area contributed by atoms with Crippen molar-refractivity contribution in [1.82, 2.24) is 0 Å². The van der Waals surface area contributed by atoms with Gasteiger partial charge in [-0.15, -0.1) is 0 Å². The third kappa shape index (κ3) is 8.25. The molecule has 0 amide bonds. The first kappa shape index (κ1) is 11.4. The zero-order valence-electron chi connectivity index (χ0n) is 6.90. The van der Waals surface area contributed by atoms with E-state index in [0.717, 1.165) is 12.2 Å². The van der Waals surface area contributed by atoms with Crippen LogP contribution in [0.4, 0.5) is 0 Å². The van der Waals surface area contributed by atoms with Crippen LogP contribution in [0.2, 0.25) is 0 Å². The Morgan fingerprint density at radius 3 is 2.08 bits per heavy atom. The molecule has 2 N–H and O–H groups in total. The molecule has 0 saturated carbocycles. The summed E-state index contributed by atoms with van der Waals surface area (Å²) in [5.74, 6) is -2.52. The fourth-order valence-electron chi connectivity index (χ4n) is 0.661. The van der Waals surface area contributed by atoms with Gasteiger partial charge in [0.2, 0.25) is 0 Å². The average Bonchev–Trinajstić information content (AvgIpc) is 2.00. The van der Waals surface area contributed by atoms with Crippen molar-refractivity contribution in [3.05, 3.63) is 12.2 Å². The molecule has 0 aromatic rings. The maximum Gasteiger partial charge on any atom is 0.328 e. The van der Waals surface area contributed by atoms with E-state index in [-0.39, 0.29) is 25.0 Å². The molecule has 13 heavy (non-hydrogen) atoms. The van der Waals surface area contributed by atoms with E-state index in [1.165, 1.54) is 0 Å². The summed E-state index contributed by atoms with van der Waals surface area (Å²) in [6.07, 6.45) is 1.90. The molecular weight excluding hydrogens is 176 g/mol. The standard InChI is InChI=1S/C8H10O5/c9-6(4-5-8(12)13)2-1-3-7(10)11/h4-5H,1-3H2,(H,10,11)(H,12,13)/b5-4+. The lowest BCUT2D eigenvalue weighted by atomic mass is 10.1. The topological polar surface area (TPSA) is 91.7 Å². The SMILES string of the molecule is O=C(O)/C=C/C(=O)CCCC(=O)O. The molecule has 5 nitrogen and oxygen atoms in total. The molecule has 0 aliphatic carbocycles. The van der Waals surface area contributed by atoms with E-state index in [9.17, 15) is 14.4 Å². The van der Waals surface area contributed by atoms with Crippen LogP contribution in [-0.4, -0.2) is 27.9 Å². The number of rotatable bonds is 6. The Bertz CT molecular complexity index is 241. The van der Waals surface area contributed by atoms with Gasteiger partial charge < -0.3 is 10.2 Å². The Morgan fingerprint density at radius 1 is 1.00 bits per heavy atom. The van der Waals surface area contributed by atoms with E-state index in [1.807, 2.05) is 0 Å². The third-order valence-electron chi connectivity index (χ3n) is 1.23. The molecule has 0 aliphatic heterocycles. The van der Waals surface area contributed by atoms with Crippen LogP contribution in [0, 0.1) is 0 Å². The van der Waals surface area contributed by atoms with Gasteiger partial charge in [0, 0.05) is 18.9 Å². The highest BCUT2D eigenvalue weighted by atomic mass is 16.4. The van der Waals surface area contributed by atoms with Gasteiger partial charge in [-0.05, 0) is 12.5 Å². The second-order valence-corrected chi connectivity index (χ2v) is 2.39. The monoisotopic (exact) mass is 186 g/mol. The van der Waals surface area contributed by atoms with Crippen LogP contribution in [0.3, 0.4) is 0 Å². The number of hydrogen-bond donors (Lipinski definition) is 2. The van der Waals surface area contributed by atoms with Gasteiger partial charge in [0.1, 0.15) is 0 Å². The number of carboxylic acid groups (broad SMARTS) is 2. The van der Waals surface area contributed by atoms with Crippen molar-refractivity contribution < 1.29 is 24.6 Å². The van der Waals surface area contributed by atoms with Gasteiger partial charge in [-0.2, -0.15) is 0 Å². The van der Waals surface area contributed by atoms with Crippen LogP contribution in [-0.2, 0) is 14.4 Å². The maximum absolute atomic E-state index is 10.8. The zero-order valence-corrected chi connectivity index (χ0v) is 6.90. The molecule has 0 aliphatic rings. The lowest BCUT2D eigenvalue weighted by Crippen LogP contribution is -1.99. The molecule has 0 aromatic heterocycles. The number of carbonyl (C=O) groups excluding carboxylic acids is 1. The number of carboxylic acids is 2. The molecule has 0 aromatic carbocycles. The van der Waals surface area contributed by atoms with Crippen LogP contribution >= 0.6 is 0 Å². The summed E-state index contributed by atoms with van der Waals surface area (Å²) >= 11 is 0. The van der Waals surface area contributed by atoms with Crippen molar-refractivity contribution in [3.63, 3.8) is 0 Å². The Labute approximate surface area is 74.7 Å². The van der Waals surface area contributed by atoms with Crippen LogP contribution in [0.25, 0.3) is 0 Å². The molecule has 0 radical (unpaired) electrons. The number of allylic oxidation sites excluding steroid dienone is 1. The van der Waals surface area contributed by atoms with Gasteiger partial charge in [-0.25, -0.2) is 4.79 Å². The lowest BCUT2D eigenvalue weighted by molar-refractivity contribution is -0.137. The van der Waals surface area contributed by atoms with Crippen LogP contribution < -0.4 is 0 Å². The fraction of sp³-hybridized carbons (Fsp3) is 0.375. The first-order chi connectivity index (χ1) is 6.02. The summed E-state index contributed by atoms with van der Waals surface area (Å²) < 4.78 is 0. The van der Waals surface area contributed by atoms with E-state index in [4.69, 9.17) is 10.2 Å². The quantitative estimate of drug-likeness (QED) is 0.587. The van der Waals surface area contributed by atoms with Crippen molar-refractivity contribution in [2.75, 3.05) is 0 Å². The van der Waals surface area contributed by atoms with Crippen molar-refractivity contribution >= 4 is 17.7 Å². The van der Waals surface area contributed by atoms with Crippen LogP contribution in [0.1, 0.15) is 19.3 Å². The van der Waals surface area contributed by atoms with Gasteiger partial charge in [-0.1, -0.05) is 0 Å². The molecule has 0 bridgehead atoms. The minimum atomic E-state index is -1.19. The second-order valence-electron chi connectivity index (χ2n) is 2.39.